The van der Waals surface area contributed by atoms with E-state index in [9.17, 15) is 4.79 Å². The first-order chi connectivity index (χ1) is 5.18. The first-order valence-corrected chi connectivity index (χ1v) is 4.78. The SMILES string of the molecule is CC(SCCCCN)C(=O)O. The summed E-state index contributed by atoms with van der Waals surface area (Å²) < 4.78 is 0. The largest absolute Gasteiger partial charge is 0.480 e. The average Bonchev–Trinajstić information content (AvgIpc) is 1.97. The molecule has 66 valence electrons. The van der Waals surface area contributed by atoms with Crippen molar-refractivity contribution < 1.29 is 9.90 Å². The van der Waals surface area contributed by atoms with Crippen LogP contribution in [0.1, 0.15) is 19.8 Å². The molecule has 0 radical (unpaired) electrons. The summed E-state index contributed by atoms with van der Waals surface area (Å²) in [5, 5.41) is 8.21. The molecule has 4 heteroatoms. The lowest BCUT2D eigenvalue weighted by Crippen LogP contribution is -2.12. The number of rotatable bonds is 6. The topological polar surface area (TPSA) is 63.3 Å². The Morgan fingerprint density at radius 1 is 1.64 bits per heavy atom. The third-order valence-corrected chi connectivity index (χ3v) is 2.54. The van der Waals surface area contributed by atoms with Gasteiger partial charge in [0.05, 0.1) is 5.25 Å². The van der Waals surface area contributed by atoms with E-state index < -0.39 is 5.97 Å². The van der Waals surface area contributed by atoms with Crippen LogP contribution >= 0.6 is 11.8 Å². The van der Waals surface area contributed by atoms with Gasteiger partial charge in [0.1, 0.15) is 0 Å². The van der Waals surface area contributed by atoms with Crippen LogP contribution in [-0.2, 0) is 4.79 Å². The molecule has 0 aliphatic carbocycles. The van der Waals surface area contributed by atoms with Crippen LogP contribution in [0.5, 0.6) is 0 Å². The number of unbranched alkanes of at least 4 members (excludes halogenated alkanes) is 1. The fourth-order valence-corrected chi connectivity index (χ4v) is 1.44. The summed E-state index contributed by atoms with van der Waals surface area (Å²) in [6.45, 7) is 2.40. The fourth-order valence-electron chi connectivity index (χ4n) is 0.578. The zero-order chi connectivity index (χ0) is 8.69. The minimum atomic E-state index is -0.734. The van der Waals surface area contributed by atoms with Gasteiger partial charge < -0.3 is 10.8 Å². The molecular formula is C7H15NO2S. The van der Waals surface area contributed by atoms with Gasteiger partial charge in [0, 0.05) is 0 Å². The molecular weight excluding hydrogens is 162 g/mol. The van der Waals surface area contributed by atoms with Gasteiger partial charge in [-0.25, -0.2) is 0 Å². The maximum Gasteiger partial charge on any atom is 0.316 e. The van der Waals surface area contributed by atoms with Gasteiger partial charge in [-0.05, 0) is 32.1 Å². The highest BCUT2D eigenvalue weighted by Gasteiger charge is 2.09. The molecule has 0 saturated heterocycles. The van der Waals surface area contributed by atoms with Crippen molar-refractivity contribution in [3.8, 4) is 0 Å². The Labute approximate surface area is 71.3 Å². The summed E-state index contributed by atoms with van der Waals surface area (Å²) in [5.41, 5.74) is 5.28. The van der Waals surface area contributed by atoms with E-state index in [-0.39, 0.29) is 5.25 Å². The van der Waals surface area contributed by atoms with Crippen LogP contribution in [0.25, 0.3) is 0 Å². The molecule has 0 rings (SSSR count). The number of thioether (sulfide) groups is 1. The smallest absolute Gasteiger partial charge is 0.316 e. The van der Waals surface area contributed by atoms with Gasteiger partial charge in [0.25, 0.3) is 0 Å². The monoisotopic (exact) mass is 177 g/mol. The van der Waals surface area contributed by atoms with E-state index in [0.717, 1.165) is 18.6 Å². The lowest BCUT2D eigenvalue weighted by atomic mass is 10.3. The van der Waals surface area contributed by atoms with Crippen LogP contribution in [-0.4, -0.2) is 28.6 Å². The number of carbonyl (C=O) groups is 1. The molecule has 0 amide bonds. The Morgan fingerprint density at radius 2 is 2.27 bits per heavy atom. The molecule has 11 heavy (non-hydrogen) atoms. The summed E-state index contributed by atoms with van der Waals surface area (Å²) >= 11 is 1.47. The molecule has 3 nitrogen and oxygen atoms in total. The van der Waals surface area contributed by atoms with Gasteiger partial charge in [-0.15, -0.1) is 11.8 Å². The molecule has 0 fully saturated rings. The van der Waals surface area contributed by atoms with Crippen LogP contribution in [0.2, 0.25) is 0 Å². The van der Waals surface area contributed by atoms with Gasteiger partial charge in [0.2, 0.25) is 0 Å². The highest BCUT2D eigenvalue weighted by atomic mass is 32.2. The van der Waals surface area contributed by atoms with Gasteiger partial charge in [-0.1, -0.05) is 0 Å². The van der Waals surface area contributed by atoms with Crippen molar-refractivity contribution in [3.05, 3.63) is 0 Å². The Balaban J connectivity index is 3.17. The summed E-state index contributed by atoms with van der Waals surface area (Å²) in [7, 11) is 0. The highest BCUT2D eigenvalue weighted by Crippen LogP contribution is 2.11. The molecule has 0 spiro atoms. The van der Waals surface area contributed by atoms with Crippen LogP contribution < -0.4 is 5.73 Å². The van der Waals surface area contributed by atoms with E-state index in [2.05, 4.69) is 0 Å². The lowest BCUT2D eigenvalue weighted by Gasteiger charge is -2.04. The minimum absolute atomic E-state index is 0.284. The number of carboxylic acids is 1. The van der Waals surface area contributed by atoms with E-state index in [4.69, 9.17) is 10.8 Å². The molecule has 0 aromatic carbocycles. The van der Waals surface area contributed by atoms with E-state index in [1.165, 1.54) is 11.8 Å². The van der Waals surface area contributed by atoms with Gasteiger partial charge >= 0.3 is 5.97 Å². The summed E-state index contributed by atoms with van der Waals surface area (Å²) in [4.78, 5) is 10.3. The van der Waals surface area contributed by atoms with E-state index in [1.807, 2.05) is 0 Å². The molecule has 1 unspecified atom stereocenters. The first kappa shape index (κ1) is 10.8. The van der Waals surface area contributed by atoms with Gasteiger partial charge in [0.15, 0.2) is 0 Å². The predicted octanol–water partition coefficient (Wildman–Crippen LogP) is 0.932. The zero-order valence-electron chi connectivity index (χ0n) is 6.75. The molecule has 0 aromatic heterocycles. The van der Waals surface area contributed by atoms with E-state index in [0.29, 0.717) is 6.54 Å². The first-order valence-electron chi connectivity index (χ1n) is 3.73. The normalized spacial score (nSPS) is 12.9. The van der Waals surface area contributed by atoms with E-state index in [1.54, 1.807) is 6.92 Å². The second kappa shape index (κ2) is 6.49. The molecule has 3 N–H and O–H groups in total. The zero-order valence-corrected chi connectivity index (χ0v) is 7.56. The van der Waals surface area contributed by atoms with Crippen molar-refractivity contribution in [1.29, 1.82) is 0 Å². The van der Waals surface area contributed by atoms with E-state index >= 15 is 0 Å². The third-order valence-electron chi connectivity index (χ3n) is 1.31. The van der Waals surface area contributed by atoms with Crippen molar-refractivity contribution in [3.63, 3.8) is 0 Å². The Bertz CT molecular complexity index is 119. The van der Waals surface area contributed by atoms with Gasteiger partial charge in [-0.2, -0.15) is 0 Å². The molecule has 1 atom stereocenters. The number of hydrogen-bond donors (Lipinski definition) is 2. The Morgan fingerprint density at radius 3 is 2.73 bits per heavy atom. The standard InChI is InChI=1S/C7H15NO2S/c1-6(7(9)10)11-5-3-2-4-8/h6H,2-5,8H2,1H3,(H,9,10). The summed E-state index contributed by atoms with van der Waals surface area (Å²) in [6.07, 6.45) is 2.00. The molecule has 0 heterocycles. The predicted molar refractivity (Wildman–Crippen MR) is 47.8 cm³/mol. The van der Waals surface area contributed by atoms with Crippen LogP contribution in [0.3, 0.4) is 0 Å². The minimum Gasteiger partial charge on any atom is -0.480 e. The number of aliphatic carboxylic acids is 1. The maximum atomic E-state index is 10.3. The molecule has 0 aromatic rings. The molecule has 0 saturated carbocycles. The van der Waals surface area contributed by atoms with Crippen molar-refractivity contribution in [1.82, 2.24) is 0 Å². The summed E-state index contributed by atoms with van der Waals surface area (Å²) in [6, 6.07) is 0. The van der Waals surface area contributed by atoms with Gasteiger partial charge in [-0.3, -0.25) is 4.79 Å². The second-order valence-electron chi connectivity index (χ2n) is 2.35. The number of hydrogen-bond acceptors (Lipinski definition) is 3. The summed E-state index contributed by atoms with van der Waals surface area (Å²) in [5.74, 6) is 0.160. The van der Waals surface area contributed by atoms with Crippen LogP contribution in [0.4, 0.5) is 0 Å². The van der Waals surface area contributed by atoms with Crippen LogP contribution in [0, 0.1) is 0 Å². The number of carboxylic acid groups (broad SMARTS) is 1. The van der Waals surface area contributed by atoms with Crippen molar-refractivity contribution in [2.45, 2.75) is 25.0 Å². The highest BCUT2D eigenvalue weighted by molar-refractivity contribution is 8.00. The Hall–Kier alpha value is -0.220. The van der Waals surface area contributed by atoms with Crippen molar-refractivity contribution in [2.75, 3.05) is 12.3 Å². The molecule has 0 aliphatic rings. The van der Waals surface area contributed by atoms with Crippen LogP contribution in [0.15, 0.2) is 0 Å². The second-order valence-corrected chi connectivity index (χ2v) is 3.80. The Kier molecular flexibility index (Phi) is 6.36. The quantitative estimate of drug-likeness (QED) is 0.592. The maximum absolute atomic E-state index is 10.3. The third kappa shape index (κ3) is 6.19. The number of nitrogens with two attached hydrogens (primary N) is 1. The van der Waals surface area contributed by atoms with Crippen molar-refractivity contribution in [2.24, 2.45) is 5.73 Å². The fraction of sp³-hybridized carbons (Fsp3) is 0.857. The molecule has 0 bridgehead atoms. The lowest BCUT2D eigenvalue weighted by molar-refractivity contribution is -0.136. The molecule has 0 aliphatic heterocycles. The van der Waals surface area contributed by atoms with Crippen molar-refractivity contribution >= 4 is 17.7 Å². The average molecular weight is 177 g/mol.